The van der Waals surface area contributed by atoms with Gasteiger partial charge in [-0.2, -0.15) is 0 Å². The highest BCUT2D eigenvalue weighted by Crippen LogP contribution is 2.25. The van der Waals surface area contributed by atoms with Gasteiger partial charge in [-0.3, -0.25) is 0 Å². The summed E-state index contributed by atoms with van der Waals surface area (Å²) >= 11 is 0. The van der Waals surface area contributed by atoms with Crippen LogP contribution in [-0.2, 0) is 17.7 Å². The Morgan fingerprint density at radius 1 is 0.824 bits per heavy atom. The second-order valence-corrected chi connectivity index (χ2v) is 12.0. The van der Waals surface area contributed by atoms with Crippen molar-refractivity contribution in [2.75, 3.05) is 28.4 Å². The highest BCUT2D eigenvalue weighted by molar-refractivity contribution is 6.66. The molecule has 0 saturated carbocycles. The van der Waals surface area contributed by atoms with Crippen molar-refractivity contribution in [3.05, 3.63) is 0 Å². The first-order valence-electron chi connectivity index (χ1n) is 6.05. The molecule has 0 aromatic rings. The van der Waals surface area contributed by atoms with Crippen molar-refractivity contribution in [2.24, 2.45) is 5.92 Å². The monoisotopic (exact) mass is 280 g/mol. The molecule has 1 atom stereocenters. The number of hydrogen-bond donors (Lipinski definition) is 0. The smallest absolute Gasteiger partial charge is 0.334 e. The van der Waals surface area contributed by atoms with Crippen LogP contribution >= 0.6 is 0 Å². The Kier molecular flexibility index (Phi) is 7.78. The molecule has 1 unspecified atom stereocenters. The van der Waals surface area contributed by atoms with Crippen molar-refractivity contribution < 1.29 is 17.7 Å². The quantitative estimate of drug-likeness (QED) is 0.609. The second-order valence-electron chi connectivity index (χ2n) is 4.93. The summed E-state index contributed by atoms with van der Waals surface area (Å²) in [5.74, 6) is 0.573. The molecule has 0 spiro atoms. The van der Waals surface area contributed by atoms with Crippen molar-refractivity contribution in [1.29, 1.82) is 0 Å². The van der Waals surface area contributed by atoms with E-state index in [2.05, 4.69) is 20.0 Å². The molecule has 104 valence electrons. The fourth-order valence-corrected chi connectivity index (χ4v) is 5.34. The van der Waals surface area contributed by atoms with E-state index in [4.69, 9.17) is 17.7 Å². The van der Waals surface area contributed by atoms with Crippen LogP contribution in [0.5, 0.6) is 0 Å². The number of rotatable bonds is 9. The molecule has 0 aromatic carbocycles. The lowest BCUT2D eigenvalue weighted by Gasteiger charge is -2.28. The van der Waals surface area contributed by atoms with Crippen molar-refractivity contribution in [2.45, 2.75) is 38.5 Å². The maximum absolute atomic E-state index is 5.51. The van der Waals surface area contributed by atoms with Crippen LogP contribution in [0, 0.1) is 5.92 Å². The molecule has 0 radical (unpaired) electrons. The summed E-state index contributed by atoms with van der Waals surface area (Å²) in [7, 11) is 3.10. The molecule has 0 heterocycles. The van der Waals surface area contributed by atoms with E-state index in [1.807, 2.05) is 0 Å². The largest absolute Gasteiger partial charge is 0.398 e. The Hall–Kier alpha value is 0.274. The van der Waals surface area contributed by atoms with Gasteiger partial charge in [0.15, 0.2) is 0 Å². The Balaban J connectivity index is 4.14. The van der Waals surface area contributed by atoms with Crippen LogP contribution in [0.3, 0.4) is 0 Å². The Bertz CT molecular complexity index is 206. The lowest BCUT2D eigenvalue weighted by Crippen LogP contribution is -2.39. The Labute approximate surface area is 108 Å². The maximum Gasteiger partial charge on any atom is 0.334 e. The van der Waals surface area contributed by atoms with Gasteiger partial charge in [0.1, 0.15) is 0 Å². The molecule has 0 saturated heterocycles. The minimum atomic E-state index is -1.94. The topological polar surface area (TPSA) is 36.9 Å². The predicted octanol–water partition coefficient (Wildman–Crippen LogP) is 2.74. The van der Waals surface area contributed by atoms with Gasteiger partial charge in [-0.1, -0.05) is 6.92 Å². The summed E-state index contributed by atoms with van der Waals surface area (Å²) in [6.07, 6.45) is 1.10. The van der Waals surface area contributed by atoms with E-state index in [1.165, 1.54) is 0 Å². The first-order chi connectivity index (χ1) is 7.84. The lowest BCUT2D eigenvalue weighted by molar-refractivity contribution is 0.236. The Morgan fingerprint density at radius 3 is 1.59 bits per heavy atom. The van der Waals surface area contributed by atoms with Gasteiger partial charge >= 0.3 is 17.1 Å². The predicted molar refractivity (Wildman–Crippen MR) is 74.7 cm³/mol. The summed E-state index contributed by atoms with van der Waals surface area (Å²) in [4.78, 5) is 0. The third-order valence-electron chi connectivity index (χ3n) is 3.54. The van der Waals surface area contributed by atoms with Gasteiger partial charge in [0.25, 0.3) is 0 Å². The average molecular weight is 281 g/mol. The minimum Gasteiger partial charge on any atom is -0.398 e. The Morgan fingerprint density at radius 2 is 1.24 bits per heavy atom. The second kappa shape index (κ2) is 7.65. The molecule has 17 heavy (non-hydrogen) atoms. The fourth-order valence-electron chi connectivity index (χ4n) is 1.78. The summed E-state index contributed by atoms with van der Waals surface area (Å²) in [5, 5.41) is 0. The van der Waals surface area contributed by atoms with Crippen LogP contribution in [0.1, 0.15) is 13.3 Å². The van der Waals surface area contributed by atoms with Crippen LogP contribution in [0.15, 0.2) is 0 Å². The molecule has 0 rings (SSSR count). The SMILES string of the molecule is CO[Si](C)(CCC(C)C[Si](C)(OC)OC)OC. The van der Waals surface area contributed by atoms with Crippen LogP contribution in [0.4, 0.5) is 0 Å². The third-order valence-corrected chi connectivity index (χ3v) is 9.63. The van der Waals surface area contributed by atoms with Gasteiger partial charge < -0.3 is 17.7 Å². The van der Waals surface area contributed by atoms with Crippen LogP contribution in [0.25, 0.3) is 0 Å². The van der Waals surface area contributed by atoms with Gasteiger partial charge in [0.2, 0.25) is 0 Å². The molecule has 0 aliphatic carbocycles. The van der Waals surface area contributed by atoms with Gasteiger partial charge in [0.05, 0.1) is 0 Å². The van der Waals surface area contributed by atoms with Crippen molar-refractivity contribution in [3.63, 3.8) is 0 Å². The molecule has 4 nitrogen and oxygen atoms in total. The zero-order valence-electron chi connectivity index (χ0n) is 12.3. The normalized spacial score (nSPS) is 15.0. The van der Waals surface area contributed by atoms with Crippen molar-refractivity contribution in [3.8, 4) is 0 Å². The molecule has 6 heteroatoms. The van der Waals surface area contributed by atoms with Gasteiger partial charge in [-0.25, -0.2) is 0 Å². The summed E-state index contributed by atoms with van der Waals surface area (Å²) < 4.78 is 22.0. The molecule has 0 aliphatic rings. The van der Waals surface area contributed by atoms with Gasteiger partial charge in [0, 0.05) is 28.4 Å². The van der Waals surface area contributed by atoms with Crippen LogP contribution < -0.4 is 0 Å². The van der Waals surface area contributed by atoms with E-state index >= 15 is 0 Å². The van der Waals surface area contributed by atoms with E-state index in [9.17, 15) is 0 Å². The molecule has 0 N–H and O–H groups in total. The van der Waals surface area contributed by atoms with E-state index in [0.717, 1.165) is 18.5 Å². The van der Waals surface area contributed by atoms with Crippen LogP contribution in [-0.4, -0.2) is 45.6 Å². The van der Waals surface area contributed by atoms with E-state index in [0.29, 0.717) is 5.92 Å². The van der Waals surface area contributed by atoms with E-state index in [1.54, 1.807) is 28.4 Å². The van der Waals surface area contributed by atoms with Gasteiger partial charge in [-0.15, -0.1) is 0 Å². The highest BCUT2D eigenvalue weighted by atomic mass is 28.4. The van der Waals surface area contributed by atoms with E-state index in [-0.39, 0.29) is 0 Å². The number of hydrogen-bond acceptors (Lipinski definition) is 4. The first kappa shape index (κ1) is 17.3. The van der Waals surface area contributed by atoms with Crippen molar-refractivity contribution in [1.82, 2.24) is 0 Å². The zero-order chi connectivity index (χ0) is 13.5. The van der Waals surface area contributed by atoms with Crippen molar-refractivity contribution >= 4 is 17.1 Å². The maximum atomic E-state index is 5.51. The molecule has 0 amide bonds. The molecular weight excluding hydrogens is 252 g/mol. The summed E-state index contributed by atoms with van der Waals surface area (Å²) in [6, 6.07) is 2.02. The van der Waals surface area contributed by atoms with Gasteiger partial charge in [-0.05, 0) is 37.5 Å². The summed E-state index contributed by atoms with van der Waals surface area (Å²) in [5.41, 5.74) is 0. The fraction of sp³-hybridized carbons (Fsp3) is 1.00. The molecule has 0 bridgehead atoms. The van der Waals surface area contributed by atoms with E-state index < -0.39 is 17.1 Å². The molecule has 0 aromatic heterocycles. The highest BCUT2D eigenvalue weighted by Gasteiger charge is 2.33. The lowest BCUT2D eigenvalue weighted by atomic mass is 10.2. The van der Waals surface area contributed by atoms with Crippen LogP contribution in [0.2, 0.25) is 25.2 Å². The molecule has 0 fully saturated rings. The standard InChI is InChI=1S/C11H28O4Si2/c1-11(10-17(7,14-4)15-5)8-9-16(6,12-2)13-3/h11H,8-10H2,1-7H3. The zero-order valence-corrected chi connectivity index (χ0v) is 14.3. The molecular formula is C11H28O4Si2. The summed E-state index contributed by atoms with van der Waals surface area (Å²) in [6.45, 7) is 6.44. The molecule has 0 aliphatic heterocycles. The average Bonchev–Trinajstić information content (AvgIpc) is 2.35. The minimum absolute atomic E-state index is 0.573. The first-order valence-corrected chi connectivity index (χ1v) is 11.1. The third kappa shape index (κ3) is 6.12.